The van der Waals surface area contributed by atoms with Gasteiger partial charge in [-0.2, -0.15) is 0 Å². The largest absolute Gasteiger partial charge is 0.507 e. The molecular formula is C28H34N2O. The van der Waals surface area contributed by atoms with Gasteiger partial charge in [0, 0.05) is 22.4 Å². The van der Waals surface area contributed by atoms with E-state index in [1.165, 1.54) is 0 Å². The lowest BCUT2D eigenvalue weighted by molar-refractivity contribution is 0.423. The van der Waals surface area contributed by atoms with Crippen LogP contribution in [0.15, 0.2) is 71.7 Å². The van der Waals surface area contributed by atoms with Crippen LogP contribution < -0.4 is 5.32 Å². The number of aromatic hydroxyl groups is 1. The lowest BCUT2D eigenvalue weighted by atomic mass is 9.78. The van der Waals surface area contributed by atoms with Gasteiger partial charge >= 0.3 is 0 Å². The predicted molar refractivity (Wildman–Crippen MR) is 133 cm³/mol. The summed E-state index contributed by atoms with van der Waals surface area (Å²) in [5, 5.41) is 14.6. The van der Waals surface area contributed by atoms with Gasteiger partial charge in [0.05, 0.1) is 5.69 Å². The zero-order valence-corrected chi connectivity index (χ0v) is 19.7. The van der Waals surface area contributed by atoms with Crippen molar-refractivity contribution in [2.75, 3.05) is 5.32 Å². The average Bonchev–Trinajstić information content (AvgIpc) is 2.68. The highest BCUT2D eigenvalue weighted by Crippen LogP contribution is 2.40. The van der Waals surface area contributed by atoms with E-state index in [9.17, 15) is 5.11 Å². The first-order valence-electron chi connectivity index (χ1n) is 10.8. The second-order valence-electron chi connectivity index (χ2n) is 10.2. The number of nitrogens with one attached hydrogen (secondary N) is 1. The minimum atomic E-state index is -0.208. The number of aryl methyl sites for hydroxylation is 1. The summed E-state index contributed by atoms with van der Waals surface area (Å²) in [5.74, 6) is 1.13. The Morgan fingerprint density at radius 2 is 1.29 bits per heavy atom. The van der Waals surface area contributed by atoms with Crippen molar-refractivity contribution in [1.29, 1.82) is 0 Å². The van der Waals surface area contributed by atoms with Gasteiger partial charge in [-0.15, -0.1) is 0 Å². The van der Waals surface area contributed by atoms with Crippen LogP contribution in [0.3, 0.4) is 0 Å². The topological polar surface area (TPSA) is 44.6 Å². The average molecular weight is 415 g/mol. The SMILES string of the molecule is Cc1ccccc1N=C(Nc1ccccc1)c1cc(C(C)(C)C)c(O)c(C(C)(C)C)c1. The van der Waals surface area contributed by atoms with Gasteiger partial charge in [-0.25, -0.2) is 4.99 Å². The first-order chi connectivity index (χ1) is 14.5. The molecule has 0 unspecified atom stereocenters. The zero-order valence-electron chi connectivity index (χ0n) is 19.7. The van der Waals surface area contributed by atoms with Gasteiger partial charge in [0.1, 0.15) is 11.6 Å². The summed E-state index contributed by atoms with van der Waals surface area (Å²) in [6.45, 7) is 14.8. The van der Waals surface area contributed by atoms with E-state index >= 15 is 0 Å². The molecule has 0 aromatic heterocycles. The molecule has 31 heavy (non-hydrogen) atoms. The van der Waals surface area contributed by atoms with Crippen molar-refractivity contribution < 1.29 is 5.11 Å². The fourth-order valence-electron chi connectivity index (χ4n) is 3.55. The van der Waals surface area contributed by atoms with Crippen molar-refractivity contribution in [3.63, 3.8) is 0 Å². The van der Waals surface area contributed by atoms with Crippen LogP contribution in [0.5, 0.6) is 5.75 Å². The number of nitrogens with zero attached hydrogens (tertiary/aromatic N) is 1. The number of phenolic OH excluding ortho intramolecular Hbond substituents is 1. The van der Waals surface area contributed by atoms with E-state index in [1.807, 2.05) is 48.5 Å². The van der Waals surface area contributed by atoms with Crippen LogP contribution >= 0.6 is 0 Å². The zero-order chi connectivity index (χ0) is 22.8. The number of rotatable bonds is 3. The minimum absolute atomic E-state index is 0.208. The van der Waals surface area contributed by atoms with Crippen molar-refractivity contribution in [2.24, 2.45) is 4.99 Å². The predicted octanol–water partition coefficient (Wildman–Crippen LogP) is 7.49. The van der Waals surface area contributed by atoms with Gasteiger partial charge in [0.15, 0.2) is 0 Å². The molecule has 3 aromatic rings. The van der Waals surface area contributed by atoms with Gasteiger partial charge < -0.3 is 10.4 Å². The molecule has 0 bridgehead atoms. The first-order valence-corrected chi connectivity index (χ1v) is 10.8. The lowest BCUT2D eigenvalue weighted by Gasteiger charge is -2.28. The normalized spacial score (nSPS) is 12.7. The molecule has 3 heteroatoms. The summed E-state index contributed by atoms with van der Waals surface area (Å²) in [5.41, 5.74) is 5.38. The monoisotopic (exact) mass is 414 g/mol. The molecule has 3 nitrogen and oxygen atoms in total. The second-order valence-corrected chi connectivity index (χ2v) is 10.2. The van der Waals surface area contributed by atoms with Gasteiger partial charge in [0.25, 0.3) is 0 Å². The van der Waals surface area contributed by atoms with Gasteiger partial charge in [-0.05, 0) is 53.6 Å². The molecule has 0 heterocycles. The number of anilines is 1. The summed E-state index contributed by atoms with van der Waals surface area (Å²) in [6.07, 6.45) is 0. The van der Waals surface area contributed by atoms with Crippen molar-refractivity contribution in [2.45, 2.75) is 59.3 Å². The number of aliphatic imine (C=N–C) groups is 1. The van der Waals surface area contributed by atoms with E-state index in [1.54, 1.807) is 0 Å². The van der Waals surface area contributed by atoms with Gasteiger partial charge in [-0.3, -0.25) is 0 Å². The van der Waals surface area contributed by atoms with Crippen LogP contribution in [0, 0.1) is 6.92 Å². The molecule has 0 atom stereocenters. The number of benzene rings is 3. The van der Waals surface area contributed by atoms with Crippen LogP contribution in [0.1, 0.15) is 63.8 Å². The Hall–Kier alpha value is -3.07. The summed E-state index contributed by atoms with van der Waals surface area (Å²) >= 11 is 0. The standard InChI is InChI=1S/C28H34N2O/c1-19-13-11-12-16-24(19)30-26(29-21-14-9-8-10-15-21)20-17-22(27(2,3)4)25(31)23(18-20)28(5,6)7/h8-18,31H,1-7H3,(H,29,30). The van der Waals surface area contributed by atoms with E-state index in [0.717, 1.165) is 39.5 Å². The molecule has 162 valence electrons. The quantitative estimate of drug-likeness (QED) is 0.344. The molecule has 0 aliphatic heterocycles. The van der Waals surface area contributed by atoms with Crippen LogP contribution in [0.2, 0.25) is 0 Å². The molecule has 0 amide bonds. The molecule has 0 saturated heterocycles. The summed E-state index contributed by atoms with van der Waals surface area (Å²) in [4.78, 5) is 5.02. The van der Waals surface area contributed by atoms with Crippen LogP contribution in [0.4, 0.5) is 11.4 Å². The Morgan fingerprint density at radius 1 is 0.774 bits per heavy atom. The van der Waals surface area contributed by atoms with Gasteiger partial charge in [-0.1, -0.05) is 77.9 Å². The highest BCUT2D eigenvalue weighted by molar-refractivity contribution is 6.10. The minimum Gasteiger partial charge on any atom is -0.507 e. The molecule has 0 aliphatic carbocycles. The molecule has 2 N–H and O–H groups in total. The highest BCUT2D eigenvalue weighted by Gasteiger charge is 2.27. The van der Waals surface area contributed by atoms with Crippen LogP contribution in [0.25, 0.3) is 0 Å². The lowest BCUT2D eigenvalue weighted by Crippen LogP contribution is -2.21. The fraction of sp³-hybridized carbons (Fsp3) is 0.321. The van der Waals surface area contributed by atoms with E-state index in [0.29, 0.717) is 5.75 Å². The molecular weight excluding hydrogens is 380 g/mol. The smallest absolute Gasteiger partial charge is 0.138 e. The Bertz CT molecular complexity index is 1050. The third-order valence-corrected chi connectivity index (χ3v) is 5.38. The van der Waals surface area contributed by atoms with Crippen molar-refractivity contribution in [3.8, 4) is 5.75 Å². The molecule has 3 rings (SSSR count). The Labute approximate surface area is 186 Å². The molecule has 0 saturated carbocycles. The Morgan fingerprint density at radius 3 is 1.81 bits per heavy atom. The van der Waals surface area contributed by atoms with Crippen LogP contribution in [-0.4, -0.2) is 10.9 Å². The van der Waals surface area contributed by atoms with Crippen molar-refractivity contribution in [3.05, 3.63) is 89.0 Å². The van der Waals surface area contributed by atoms with Crippen LogP contribution in [-0.2, 0) is 10.8 Å². The number of amidine groups is 1. The maximum Gasteiger partial charge on any atom is 0.138 e. The van der Waals surface area contributed by atoms with Gasteiger partial charge in [0.2, 0.25) is 0 Å². The Kier molecular flexibility index (Phi) is 6.26. The number of para-hydroxylation sites is 2. The summed E-state index contributed by atoms with van der Waals surface area (Å²) in [7, 11) is 0. The number of hydrogen-bond acceptors (Lipinski definition) is 2. The number of phenols is 1. The molecule has 0 fully saturated rings. The third kappa shape index (κ3) is 5.35. The maximum absolute atomic E-state index is 11.1. The molecule has 3 aromatic carbocycles. The van der Waals surface area contributed by atoms with E-state index in [4.69, 9.17) is 4.99 Å². The third-order valence-electron chi connectivity index (χ3n) is 5.38. The van der Waals surface area contributed by atoms with Crippen molar-refractivity contribution in [1.82, 2.24) is 0 Å². The summed E-state index contributed by atoms with van der Waals surface area (Å²) in [6, 6.07) is 22.3. The second kappa shape index (κ2) is 8.58. The maximum atomic E-state index is 11.1. The highest BCUT2D eigenvalue weighted by atomic mass is 16.3. The van der Waals surface area contributed by atoms with E-state index in [2.05, 4.69) is 72.0 Å². The van der Waals surface area contributed by atoms with Crippen molar-refractivity contribution >= 4 is 17.2 Å². The number of hydrogen-bond donors (Lipinski definition) is 2. The molecule has 0 spiro atoms. The summed E-state index contributed by atoms with van der Waals surface area (Å²) < 4.78 is 0. The van der Waals surface area contributed by atoms with E-state index in [-0.39, 0.29) is 10.8 Å². The first kappa shape index (κ1) is 22.6. The van der Waals surface area contributed by atoms with E-state index < -0.39 is 0 Å². The Balaban J connectivity index is 2.26. The fourth-order valence-corrected chi connectivity index (χ4v) is 3.55. The molecule has 0 aliphatic rings. The molecule has 0 radical (unpaired) electrons.